The number of hydrogen-bond donors (Lipinski definition) is 1. The Kier molecular flexibility index (Phi) is 7.23. The molecule has 0 radical (unpaired) electrons. The molecular formula is C21H25ClN2O5S. The summed E-state index contributed by atoms with van der Waals surface area (Å²) in [6, 6.07) is 9.16. The minimum absolute atomic E-state index is 0.0562. The van der Waals surface area contributed by atoms with Gasteiger partial charge in [0.05, 0.1) is 35.4 Å². The lowest BCUT2D eigenvalue weighted by Gasteiger charge is -2.20. The van der Waals surface area contributed by atoms with Crippen LogP contribution in [0, 0.1) is 0 Å². The van der Waals surface area contributed by atoms with Crippen LogP contribution in [0.4, 0.5) is 5.69 Å². The first kappa shape index (κ1) is 22.4. The zero-order chi connectivity index (χ0) is 21.7. The van der Waals surface area contributed by atoms with Crippen LogP contribution < -0.4 is 14.8 Å². The van der Waals surface area contributed by atoms with Crippen molar-refractivity contribution in [3.63, 3.8) is 0 Å². The van der Waals surface area contributed by atoms with E-state index in [1.807, 2.05) is 0 Å². The summed E-state index contributed by atoms with van der Waals surface area (Å²) < 4.78 is 38.1. The van der Waals surface area contributed by atoms with E-state index in [9.17, 15) is 13.2 Å². The average molecular weight is 453 g/mol. The third-order valence-electron chi connectivity index (χ3n) is 5.04. The first-order valence-corrected chi connectivity index (χ1v) is 11.5. The zero-order valence-corrected chi connectivity index (χ0v) is 18.6. The molecule has 2 aromatic rings. The summed E-state index contributed by atoms with van der Waals surface area (Å²) in [5.74, 6) is 0.456. The smallest absolute Gasteiger partial charge is 0.257 e. The largest absolute Gasteiger partial charge is 0.497 e. The number of carbonyl (C=O) groups excluding carboxylic acids is 1. The number of benzene rings is 2. The van der Waals surface area contributed by atoms with Gasteiger partial charge in [-0.25, -0.2) is 8.42 Å². The molecule has 0 aromatic heterocycles. The Morgan fingerprint density at radius 3 is 2.33 bits per heavy atom. The Morgan fingerprint density at radius 1 is 1.00 bits per heavy atom. The predicted octanol–water partition coefficient (Wildman–Crippen LogP) is 4.17. The van der Waals surface area contributed by atoms with Crippen molar-refractivity contribution in [1.29, 1.82) is 0 Å². The SMILES string of the molecule is COc1ccc(NC(=O)c2cc(S(=O)(=O)N3CCCCCC3)ccc2Cl)c(OC)c1. The number of sulfonamides is 1. The van der Waals surface area contributed by atoms with Crippen LogP contribution in [0.5, 0.6) is 11.5 Å². The van der Waals surface area contributed by atoms with Crippen LogP contribution in [0.25, 0.3) is 0 Å². The molecule has 2 aromatic carbocycles. The van der Waals surface area contributed by atoms with E-state index >= 15 is 0 Å². The summed E-state index contributed by atoms with van der Waals surface area (Å²) in [7, 11) is -0.691. The Morgan fingerprint density at radius 2 is 1.70 bits per heavy atom. The van der Waals surface area contributed by atoms with Crippen molar-refractivity contribution in [2.45, 2.75) is 30.6 Å². The Labute approximate surface area is 182 Å². The summed E-state index contributed by atoms with van der Waals surface area (Å²) in [6.07, 6.45) is 3.70. The fraction of sp³-hybridized carbons (Fsp3) is 0.381. The van der Waals surface area contributed by atoms with E-state index in [0.717, 1.165) is 25.7 Å². The highest BCUT2D eigenvalue weighted by Crippen LogP contribution is 2.31. The molecule has 1 fully saturated rings. The van der Waals surface area contributed by atoms with Gasteiger partial charge in [0.25, 0.3) is 5.91 Å². The first-order valence-electron chi connectivity index (χ1n) is 9.70. The number of nitrogens with one attached hydrogen (secondary N) is 1. The van der Waals surface area contributed by atoms with Crippen LogP contribution in [0.2, 0.25) is 5.02 Å². The van der Waals surface area contributed by atoms with Crippen LogP contribution in [0.15, 0.2) is 41.3 Å². The topological polar surface area (TPSA) is 84.9 Å². The summed E-state index contributed by atoms with van der Waals surface area (Å²) in [5.41, 5.74) is 0.491. The fourth-order valence-electron chi connectivity index (χ4n) is 3.36. The molecule has 0 saturated carbocycles. The number of halogens is 1. The van der Waals surface area contributed by atoms with Gasteiger partial charge in [0, 0.05) is 19.2 Å². The Bertz CT molecular complexity index is 1020. The molecule has 0 bridgehead atoms. The lowest BCUT2D eigenvalue weighted by Crippen LogP contribution is -2.32. The number of rotatable bonds is 6. The molecule has 3 rings (SSSR count). The van der Waals surface area contributed by atoms with Gasteiger partial charge in [-0.05, 0) is 43.2 Å². The molecule has 0 unspecified atom stereocenters. The Balaban J connectivity index is 1.89. The molecule has 1 aliphatic rings. The van der Waals surface area contributed by atoms with E-state index in [-0.39, 0.29) is 15.5 Å². The highest BCUT2D eigenvalue weighted by Gasteiger charge is 2.27. The van der Waals surface area contributed by atoms with E-state index in [0.29, 0.717) is 30.3 Å². The van der Waals surface area contributed by atoms with Crippen LogP contribution >= 0.6 is 11.6 Å². The summed E-state index contributed by atoms with van der Waals surface area (Å²) >= 11 is 6.22. The number of ether oxygens (including phenoxy) is 2. The first-order chi connectivity index (χ1) is 14.4. The highest BCUT2D eigenvalue weighted by atomic mass is 35.5. The zero-order valence-electron chi connectivity index (χ0n) is 17.0. The molecular weight excluding hydrogens is 428 g/mol. The van der Waals surface area contributed by atoms with Crippen molar-refractivity contribution in [1.82, 2.24) is 4.31 Å². The predicted molar refractivity (Wildman–Crippen MR) is 116 cm³/mol. The van der Waals surface area contributed by atoms with Crippen LogP contribution in [0.1, 0.15) is 36.0 Å². The number of hydrogen-bond acceptors (Lipinski definition) is 5. The maximum absolute atomic E-state index is 13.1. The normalized spacial score (nSPS) is 15.3. The average Bonchev–Trinajstić information content (AvgIpc) is 3.04. The molecule has 1 aliphatic heterocycles. The number of carbonyl (C=O) groups is 1. The van der Waals surface area contributed by atoms with Gasteiger partial charge >= 0.3 is 0 Å². The summed E-state index contributed by atoms with van der Waals surface area (Å²) in [4.78, 5) is 12.9. The lowest BCUT2D eigenvalue weighted by molar-refractivity contribution is 0.102. The van der Waals surface area contributed by atoms with Gasteiger partial charge in [-0.3, -0.25) is 4.79 Å². The van der Waals surface area contributed by atoms with Gasteiger partial charge in [0.2, 0.25) is 10.0 Å². The molecule has 7 nitrogen and oxygen atoms in total. The van der Waals surface area contributed by atoms with E-state index in [4.69, 9.17) is 21.1 Å². The molecule has 0 aliphatic carbocycles. The standard InChI is InChI=1S/C21H25ClN2O5S/c1-28-15-7-10-19(20(13-15)29-2)23-21(25)17-14-16(8-9-18(17)22)30(26,27)24-11-5-3-4-6-12-24/h7-10,13-14H,3-6,11-12H2,1-2H3,(H,23,25). The van der Waals surface area contributed by atoms with Crippen molar-refractivity contribution >= 4 is 33.2 Å². The van der Waals surface area contributed by atoms with Gasteiger partial charge in [0.1, 0.15) is 11.5 Å². The van der Waals surface area contributed by atoms with E-state index in [1.165, 1.54) is 36.7 Å². The minimum Gasteiger partial charge on any atom is -0.497 e. The molecule has 1 heterocycles. The van der Waals surface area contributed by atoms with Gasteiger partial charge in [-0.2, -0.15) is 4.31 Å². The van der Waals surface area contributed by atoms with E-state index in [1.54, 1.807) is 18.2 Å². The van der Waals surface area contributed by atoms with Crippen LogP contribution in [0.3, 0.4) is 0 Å². The van der Waals surface area contributed by atoms with Gasteiger partial charge in [-0.15, -0.1) is 0 Å². The quantitative estimate of drug-likeness (QED) is 0.710. The number of amides is 1. The third-order valence-corrected chi connectivity index (χ3v) is 7.27. The lowest BCUT2D eigenvalue weighted by atomic mass is 10.2. The maximum atomic E-state index is 13.1. The molecule has 1 saturated heterocycles. The van der Waals surface area contributed by atoms with Crippen molar-refractivity contribution in [3.8, 4) is 11.5 Å². The van der Waals surface area contributed by atoms with E-state index in [2.05, 4.69) is 5.32 Å². The second kappa shape index (κ2) is 9.68. The van der Waals surface area contributed by atoms with Crippen LogP contribution in [-0.2, 0) is 10.0 Å². The van der Waals surface area contributed by atoms with Crippen molar-refractivity contribution in [2.75, 3.05) is 32.6 Å². The number of nitrogens with zero attached hydrogens (tertiary/aromatic N) is 1. The Hall–Kier alpha value is -2.29. The molecule has 1 amide bonds. The molecule has 30 heavy (non-hydrogen) atoms. The fourth-order valence-corrected chi connectivity index (χ4v) is 5.11. The number of anilines is 1. The van der Waals surface area contributed by atoms with Crippen LogP contribution in [-0.4, -0.2) is 45.9 Å². The summed E-state index contributed by atoms with van der Waals surface area (Å²) in [5, 5.41) is 2.89. The van der Waals surface area contributed by atoms with Gasteiger partial charge in [-0.1, -0.05) is 24.4 Å². The molecule has 9 heteroatoms. The minimum atomic E-state index is -3.70. The van der Waals surface area contributed by atoms with Crippen molar-refractivity contribution < 1.29 is 22.7 Å². The molecule has 1 N–H and O–H groups in total. The highest BCUT2D eigenvalue weighted by molar-refractivity contribution is 7.89. The van der Waals surface area contributed by atoms with Crippen molar-refractivity contribution in [3.05, 3.63) is 47.0 Å². The number of methoxy groups -OCH3 is 2. The monoisotopic (exact) mass is 452 g/mol. The van der Waals surface area contributed by atoms with E-state index < -0.39 is 15.9 Å². The second-order valence-corrected chi connectivity index (χ2v) is 9.33. The van der Waals surface area contributed by atoms with Gasteiger partial charge in [0.15, 0.2) is 0 Å². The molecule has 0 atom stereocenters. The molecule has 0 spiro atoms. The van der Waals surface area contributed by atoms with Crippen molar-refractivity contribution in [2.24, 2.45) is 0 Å². The second-order valence-electron chi connectivity index (χ2n) is 6.98. The molecule has 162 valence electrons. The maximum Gasteiger partial charge on any atom is 0.257 e. The van der Waals surface area contributed by atoms with Gasteiger partial charge < -0.3 is 14.8 Å². The third kappa shape index (κ3) is 4.88. The summed E-state index contributed by atoms with van der Waals surface area (Å²) in [6.45, 7) is 0.963.